The Labute approximate surface area is 163 Å². The molecule has 3 rings (SSSR count). The third-order valence-corrected chi connectivity index (χ3v) is 4.27. The van der Waals surface area contributed by atoms with Gasteiger partial charge in [0.25, 0.3) is 5.91 Å². The smallest absolute Gasteiger partial charge is 0.331 e. The van der Waals surface area contributed by atoms with E-state index >= 15 is 0 Å². The predicted molar refractivity (Wildman–Crippen MR) is 104 cm³/mol. The number of amidine groups is 1. The summed E-state index contributed by atoms with van der Waals surface area (Å²) in [5, 5.41) is 10.6. The second-order valence-corrected chi connectivity index (χ2v) is 6.40. The van der Waals surface area contributed by atoms with Crippen molar-refractivity contribution in [3.8, 4) is 11.5 Å². The normalized spacial score (nSPS) is 16.6. The number of methoxy groups -OCH3 is 1. The second-order valence-electron chi connectivity index (χ2n) is 5.37. The number of hydrogen-bond donors (Lipinski definition) is 1. The number of esters is 1. The Bertz CT molecular complexity index is 987. The summed E-state index contributed by atoms with van der Waals surface area (Å²) in [6.45, 7) is 0. The Hall–Kier alpha value is -3.46. The van der Waals surface area contributed by atoms with Gasteiger partial charge in [-0.2, -0.15) is 5.10 Å². The van der Waals surface area contributed by atoms with E-state index in [9.17, 15) is 14.0 Å². The Morgan fingerprint density at radius 3 is 2.68 bits per heavy atom. The molecule has 142 valence electrons. The van der Waals surface area contributed by atoms with Crippen molar-refractivity contribution in [3.63, 3.8) is 0 Å². The van der Waals surface area contributed by atoms with Gasteiger partial charge in [-0.05, 0) is 53.7 Å². The van der Waals surface area contributed by atoms with Crippen molar-refractivity contribution >= 4 is 35.0 Å². The molecule has 9 heteroatoms. The Morgan fingerprint density at radius 1 is 1.18 bits per heavy atom. The lowest BCUT2D eigenvalue weighted by Crippen LogP contribution is -2.19. The van der Waals surface area contributed by atoms with E-state index < -0.39 is 11.9 Å². The molecule has 0 atom stereocenters. The molecule has 0 radical (unpaired) electrons. The van der Waals surface area contributed by atoms with Crippen LogP contribution in [0.5, 0.6) is 11.5 Å². The minimum absolute atomic E-state index is 0.180. The van der Waals surface area contributed by atoms with E-state index in [-0.39, 0.29) is 15.9 Å². The maximum absolute atomic E-state index is 13.2. The molecule has 1 N–H and O–H groups in total. The van der Waals surface area contributed by atoms with Gasteiger partial charge in [0.05, 0.1) is 18.2 Å². The highest BCUT2D eigenvalue weighted by molar-refractivity contribution is 8.18. The average Bonchev–Trinajstić information content (AvgIpc) is 3.02. The molecule has 0 bridgehead atoms. The first-order valence-corrected chi connectivity index (χ1v) is 8.78. The zero-order valence-corrected chi connectivity index (χ0v) is 15.4. The third-order valence-electron chi connectivity index (χ3n) is 3.37. The molecule has 1 aliphatic heterocycles. The van der Waals surface area contributed by atoms with Crippen LogP contribution in [0, 0.1) is 5.82 Å². The van der Waals surface area contributed by atoms with Crippen LogP contribution in [-0.2, 0) is 14.3 Å². The Kier molecular flexibility index (Phi) is 6.18. The summed E-state index contributed by atoms with van der Waals surface area (Å²) in [7, 11) is 1.23. The fraction of sp³-hybridized carbons (Fsp3) is 0.0526. The monoisotopic (exact) mass is 399 g/mol. The van der Waals surface area contributed by atoms with Gasteiger partial charge in [-0.1, -0.05) is 6.07 Å². The maximum atomic E-state index is 13.2. The standard InChI is InChI=1S/C19H14FN3O4S/c1-26-17(24)10-16-18(25)22-19(28-16)23-21-11-12-5-7-14(8-6-12)27-15-4-2-3-13(20)9-15/h2-11H,1H3,(H,22,23,25)/b16-10+,21-11?. The molecule has 7 nitrogen and oxygen atoms in total. The van der Waals surface area contributed by atoms with Crippen LogP contribution >= 0.6 is 11.8 Å². The molecule has 0 aliphatic carbocycles. The molecule has 0 spiro atoms. The summed E-state index contributed by atoms with van der Waals surface area (Å²) in [6, 6.07) is 12.8. The summed E-state index contributed by atoms with van der Waals surface area (Å²) < 4.78 is 23.2. The summed E-state index contributed by atoms with van der Waals surface area (Å²) in [5.41, 5.74) is 0.746. The largest absolute Gasteiger partial charge is 0.466 e. The summed E-state index contributed by atoms with van der Waals surface area (Å²) in [6.07, 6.45) is 2.58. The van der Waals surface area contributed by atoms with Crippen molar-refractivity contribution in [1.82, 2.24) is 5.32 Å². The number of carbonyl (C=O) groups is 2. The lowest BCUT2D eigenvalue weighted by Gasteiger charge is -2.05. The maximum Gasteiger partial charge on any atom is 0.331 e. The fourth-order valence-electron chi connectivity index (χ4n) is 2.08. The number of carbonyl (C=O) groups excluding carboxylic acids is 2. The molecule has 28 heavy (non-hydrogen) atoms. The zero-order chi connectivity index (χ0) is 19.9. The van der Waals surface area contributed by atoms with Gasteiger partial charge in [0.1, 0.15) is 17.3 Å². The van der Waals surface area contributed by atoms with Crippen LogP contribution in [0.3, 0.4) is 0 Å². The van der Waals surface area contributed by atoms with Crippen LogP contribution in [0.1, 0.15) is 5.56 Å². The second kappa shape index (κ2) is 8.96. The van der Waals surface area contributed by atoms with Crippen LogP contribution in [0.4, 0.5) is 4.39 Å². The van der Waals surface area contributed by atoms with E-state index in [0.29, 0.717) is 11.5 Å². The number of nitrogens with one attached hydrogen (secondary N) is 1. The number of hydrogen-bond acceptors (Lipinski definition) is 7. The van der Waals surface area contributed by atoms with Gasteiger partial charge < -0.3 is 9.47 Å². The molecule has 1 fully saturated rings. The van der Waals surface area contributed by atoms with Crippen molar-refractivity contribution in [2.75, 3.05) is 7.11 Å². The number of thioether (sulfide) groups is 1. The van der Waals surface area contributed by atoms with E-state index in [1.165, 1.54) is 25.5 Å². The van der Waals surface area contributed by atoms with Gasteiger partial charge in [-0.3, -0.25) is 10.1 Å². The van der Waals surface area contributed by atoms with E-state index in [0.717, 1.165) is 23.4 Å². The molecule has 2 aromatic carbocycles. The topological polar surface area (TPSA) is 89.3 Å². The first-order chi connectivity index (χ1) is 13.5. The molecular weight excluding hydrogens is 385 g/mol. The number of benzene rings is 2. The molecule has 1 heterocycles. The predicted octanol–water partition coefficient (Wildman–Crippen LogP) is 3.23. The quantitative estimate of drug-likeness (QED) is 0.361. The number of halogens is 1. The van der Waals surface area contributed by atoms with E-state index in [1.54, 1.807) is 36.4 Å². The Morgan fingerprint density at radius 2 is 1.96 bits per heavy atom. The van der Waals surface area contributed by atoms with E-state index in [4.69, 9.17) is 4.74 Å². The average molecular weight is 399 g/mol. The number of rotatable bonds is 5. The number of ether oxygens (including phenoxy) is 2. The highest BCUT2D eigenvalue weighted by Crippen LogP contribution is 2.24. The van der Waals surface area contributed by atoms with Gasteiger partial charge in [-0.15, -0.1) is 5.10 Å². The molecule has 1 amide bonds. The van der Waals surface area contributed by atoms with Gasteiger partial charge in [0.2, 0.25) is 0 Å². The summed E-state index contributed by atoms with van der Waals surface area (Å²) >= 11 is 0.988. The summed E-state index contributed by atoms with van der Waals surface area (Å²) in [5.74, 6) is -0.490. The minimum atomic E-state index is -0.622. The van der Waals surface area contributed by atoms with Crippen LogP contribution in [0.25, 0.3) is 0 Å². The van der Waals surface area contributed by atoms with Crippen LogP contribution in [0.2, 0.25) is 0 Å². The molecule has 0 aromatic heterocycles. The number of amides is 1. The van der Waals surface area contributed by atoms with Crippen molar-refractivity contribution < 1.29 is 23.5 Å². The molecule has 1 aliphatic rings. The van der Waals surface area contributed by atoms with Crippen molar-refractivity contribution in [3.05, 3.63) is 70.9 Å². The number of nitrogens with zero attached hydrogens (tertiary/aromatic N) is 2. The van der Waals surface area contributed by atoms with Crippen molar-refractivity contribution in [1.29, 1.82) is 0 Å². The van der Waals surface area contributed by atoms with Crippen LogP contribution in [0.15, 0.2) is 69.7 Å². The third kappa shape index (κ3) is 5.27. The van der Waals surface area contributed by atoms with Gasteiger partial charge in [0, 0.05) is 12.1 Å². The molecular formula is C19H14FN3O4S. The molecule has 2 aromatic rings. The summed E-state index contributed by atoms with van der Waals surface area (Å²) in [4.78, 5) is 23.1. The molecule has 0 unspecified atom stereocenters. The van der Waals surface area contributed by atoms with Crippen molar-refractivity contribution in [2.24, 2.45) is 10.2 Å². The van der Waals surface area contributed by atoms with Gasteiger partial charge >= 0.3 is 5.97 Å². The highest BCUT2D eigenvalue weighted by Gasteiger charge is 2.24. The first kappa shape index (κ1) is 19.3. The van der Waals surface area contributed by atoms with Crippen LogP contribution < -0.4 is 10.1 Å². The lowest BCUT2D eigenvalue weighted by molar-refractivity contribution is -0.135. The lowest BCUT2D eigenvalue weighted by atomic mass is 10.2. The molecule has 0 saturated carbocycles. The van der Waals surface area contributed by atoms with Crippen molar-refractivity contribution in [2.45, 2.75) is 0 Å². The Balaban J connectivity index is 1.60. The first-order valence-electron chi connectivity index (χ1n) is 7.97. The fourth-order valence-corrected chi connectivity index (χ4v) is 2.82. The SMILES string of the molecule is COC(=O)/C=C1/S/C(=N\N=Cc2ccc(Oc3cccc(F)c3)cc2)NC1=O. The zero-order valence-electron chi connectivity index (χ0n) is 14.6. The highest BCUT2D eigenvalue weighted by atomic mass is 32.2. The van der Waals surface area contributed by atoms with Gasteiger partial charge in [-0.25, -0.2) is 9.18 Å². The molecule has 1 saturated heterocycles. The minimum Gasteiger partial charge on any atom is -0.466 e. The van der Waals surface area contributed by atoms with Gasteiger partial charge in [0.15, 0.2) is 5.17 Å². The van der Waals surface area contributed by atoms with Crippen LogP contribution in [-0.4, -0.2) is 30.4 Å². The van der Waals surface area contributed by atoms with E-state index in [2.05, 4.69) is 20.3 Å². The van der Waals surface area contributed by atoms with E-state index in [1.807, 2.05) is 0 Å².